The van der Waals surface area contributed by atoms with Gasteiger partial charge in [-0.05, 0) is 35.4 Å². The second kappa shape index (κ2) is 5.17. The van der Waals surface area contributed by atoms with Crippen LogP contribution in [0.3, 0.4) is 0 Å². The Morgan fingerprint density at radius 2 is 2.16 bits per heavy atom. The smallest absolute Gasteiger partial charge is 0.311 e. The average Bonchev–Trinajstić information content (AvgIpc) is 2.87. The van der Waals surface area contributed by atoms with Gasteiger partial charge in [-0.2, -0.15) is 0 Å². The Morgan fingerprint density at radius 1 is 1.42 bits per heavy atom. The van der Waals surface area contributed by atoms with Crippen LogP contribution >= 0.6 is 0 Å². The molecular formula is C11H16N6O2. The molecule has 0 amide bonds. The van der Waals surface area contributed by atoms with Crippen molar-refractivity contribution in [2.24, 2.45) is 5.41 Å². The van der Waals surface area contributed by atoms with E-state index in [1.165, 1.54) is 4.63 Å². The van der Waals surface area contributed by atoms with Gasteiger partial charge in [0.2, 0.25) is 0 Å². The van der Waals surface area contributed by atoms with Gasteiger partial charge < -0.3 is 10.4 Å². The van der Waals surface area contributed by atoms with Gasteiger partial charge in [-0.15, -0.1) is 14.8 Å². The molecule has 2 N–H and O–H groups in total. The lowest BCUT2D eigenvalue weighted by molar-refractivity contribution is -0.148. The zero-order chi connectivity index (χ0) is 13.9. The van der Waals surface area contributed by atoms with Gasteiger partial charge in [0, 0.05) is 6.54 Å². The molecular weight excluding hydrogens is 248 g/mol. The topological polar surface area (TPSA) is 105 Å². The van der Waals surface area contributed by atoms with E-state index in [-0.39, 0.29) is 0 Å². The number of carboxylic acids is 1. The number of tetrazole rings is 1. The minimum Gasteiger partial charge on any atom is -0.481 e. The highest BCUT2D eigenvalue weighted by molar-refractivity contribution is 5.75. The molecule has 19 heavy (non-hydrogen) atoms. The van der Waals surface area contributed by atoms with Gasteiger partial charge in [0.25, 0.3) is 0 Å². The van der Waals surface area contributed by atoms with E-state index in [1.807, 2.05) is 13.8 Å². The van der Waals surface area contributed by atoms with Crippen molar-refractivity contribution < 1.29 is 9.90 Å². The quantitative estimate of drug-likeness (QED) is 0.795. The number of aliphatic carboxylic acids is 1. The summed E-state index contributed by atoms with van der Waals surface area (Å²) in [5.74, 6) is -0.249. The van der Waals surface area contributed by atoms with E-state index in [4.69, 9.17) is 0 Å². The highest BCUT2D eigenvalue weighted by Crippen LogP contribution is 2.26. The Hall–Kier alpha value is -2.25. The van der Waals surface area contributed by atoms with E-state index in [2.05, 4.69) is 25.9 Å². The van der Waals surface area contributed by atoms with Crippen LogP contribution in [0.1, 0.15) is 26.7 Å². The first-order chi connectivity index (χ1) is 9.11. The van der Waals surface area contributed by atoms with E-state index < -0.39 is 11.4 Å². The average molecular weight is 264 g/mol. The maximum atomic E-state index is 11.4. The van der Waals surface area contributed by atoms with Crippen LogP contribution in [0.4, 0.5) is 5.82 Å². The maximum Gasteiger partial charge on any atom is 0.311 e. The van der Waals surface area contributed by atoms with E-state index in [0.29, 0.717) is 30.9 Å². The SMILES string of the molecule is CCC(CC)(CNc1ccc2nnnn2n1)C(=O)O. The summed E-state index contributed by atoms with van der Waals surface area (Å²) in [4.78, 5) is 11.4. The van der Waals surface area contributed by atoms with Crippen molar-refractivity contribution in [1.29, 1.82) is 0 Å². The minimum absolute atomic E-state index is 0.315. The number of nitrogens with zero attached hydrogens (tertiary/aromatic N) is 5. The molecule has 102 valence electrons. The van der Waals surface area contributed by atoms with E-state index in [0.717, 1.165) is 0 Å². The Labute approximate surface area is 109 Å². The predicted molar refractivity (Wildman–Crippen MR) is 67.7 cm³/mol. The molecule has 2 aromatic heterocycles. The molecule has 0 aliphatic carbocycles. The third kappa shape index (κ3) is 2.47. The standard InChI is InChI=1S/C11H16N6O2/c1-3-11(4-2,10(18)19)7-12-8-5-6-9-13-15-16-17(9)14-8/h5-6H,3-4,7H2,1-2H3,(H,12,14)(H,18,19). The predicted octanol–water partition coefficient (Wildman–Crippen LogP) is 0.822. The summed E-state index contributed by atoms with van der Waals surface area (Å²) in [6, 6.07) is 3.44. The van der Waals surface area contributed by atoms with Crippen molar-refractivity contribution in [2.75, 3.05) is 11.9 Å². The largest absolute Gasteiger partial charge is 0.481 e. The van der Waals surface area contributed by atoms with Crippen LogP contribution in [0.15, 0.2) is 12.1 Å². The Bertz CT molecular complexity index is 577. The van der Waals surface area contributed by atoms with Gasteiger partial charge in [0.1, 0.15) is 5.82 Å². The fourth-order valence-corrected chi connectivity index (χ4v) is 1.88. The molecule has 0 unspecified atom stereocenters. The van der Waals surface area contributed by atoms with E-state index in [1.54, 1.807) is 12.1 Å². The Kier molecular flexibility index (Phi) is 3.59. The fourth-order valence-electron chi connectivity index (χ4n) is 1.88. The van der Waals surface area contributed by atoms with Crippen LogP contribution in [0.5, 0.6) is 0 Å². The van der Waals surface area contributed by atoms with Crippen LogP contribution in [0.2, 0.25) is 0 Å². The molecule has 0 aromatic carbocycles. The van der Waals surface area contributed by atoms with Crippen LogP contribution in [-0.2, 0) is 4.79 Å². The van der Waals surface area contributed by atoms with Gasteiger partial charge in [0.15, 0.2) is 5.65 Å². The van der Waals surface area contributed by atoms with Crippen molar-refractivity contribution in [3.05, 3.63) is 12.1 Å². The highest BCUT2D eigenvalue weighted by atomic mass is 16.4. The van der Waals surface area contributed by atoms with Gasteiger partial charge in [-0.1, -0.05) is 13.8 Å². The monoisotopic (exact) mass is 264 g/mol. The van der Waals surface area contributed by atoms with Crippen molar-refractivity contribution in [3.63, 3.8) is 0 Å². The van der Waals surface area contributed by atoms with Crippen LogP contribution in [0.25, 0.3) is 5.65 Å². The molecule has 0 saturated carbocycles. The van der Waals surface area contributed by atoms with Crippen LogP contribution in [0, 0.1) is 5.41 Å². The zero-order valence-corrected chi connectivity index (χ0v) is 10.9. The number of carbonyl (C=O) groups is 1. The van der Waals surface area contributed by atoms with E-state index >= 15 is 0 Å². The molecule has 2 heterocycles. The van der Waals surface area contributed by atoms with Crippen molar-refractivity contribution in [2.45, 2.75) is 26.7 Å². The fraction of sp³-hybridized carbons (Fsp3) is 0.545. The number of hydrogen-bond acceptors (Lipinski definition) is 6. The number of rotatable bonds is 6. The molecule has 0 spiro atoms. The Morgan fingerprint density at radius 3 is 2.79 bits per heavy atom. The molecule has 2 aromatic rings. The molecule has 0 saturated heterocycles. The lowest BCUT2D eigenvalue weighted by Crippen LogP contribution is -2.37. The summed E-state index contributed by atoms with van der Waals surface area (Å²) in [5.41, 5.74) is -0.238. The third-order valence-electron chi connectivity index (χ3n) is 3.48. The summed E-state index contributed by atoms with van der Waals surface area (Å²) < 4.78 is 1.29. The minimum atomic E-state index is -0.798. The van der Waals surface area contributed by atoms with Crippen molar-refractivity contribution in [1.82, 2.24) is 25.3 Å². The lowest BCUT2D eigenvalue weighted by atomic mass is 9.82. The van der Waals surface area contributed by atoms with Crippen molar-refractivity contribution in [3.8, 4) is 0 Å². The summed E-state index contributed by atoms with van der Waals surface area (Å²) in [6.45, 7) is 4.06. The first-order valence-electron chi connectivity index (χ1n) is 6.14. The van der Waals surface area contributed by atoms with Gasteiger partial charge in [-0.3, -0.25) is 4.79 Å². The third-order valence-corrected chi connectivity index (χ3v) is 3.48. The summed E-state index contributed by atoms with van der Waals surface area (Å²) in [6.07, 6.45) is 1.11. The lowest BCUT2D eigenvalue weighted by Gasteiger charge is -2.26. The molecule has 0 fully saturated rings. The molecule has 0 bridgehead atoms. The molecule has 0 radical (unpaired) electrons. The number of aromatic nitrogens is 5. The number of hydrogen-bond donors (Lipinski definition) is 2. The molecule has 0 aliphatic rings. The molecule has 0 atom stereocenters. The van der Waals surface area contributed by atoms with Gasteiger partial charge >= 0.3 is 5.97 Å². The first kappa shape index (κ1) is 13.2. The van der Waals surface area contributed by atoms with Crippen molar-refractivity contribution >= 4 is 17.4 Å². The molecule has 8 nitrogen and oxygen atoms in total. The normalized spacial score (nSPS) is 11.7. The molecule has 0 aliphatic heterocycles. The number of nitrogens with one attached hydrogen (secondary N) is 1. The second-order valence-electron chi connectivity index (χ2n) is 4.39. The maximum absolute atomic E-state index is 11.4. The molecule has 8 heteroatoms. The Balaban J connectivity index is 2.14. The van der Waals surface area contributed by atoms with Gasteiger partial charge in [-0.25, -0.2) is 0 Å². The number of anilines is 1. The number of fused-ring (bicyclic) bond motifs is 1. The number of carboxylic acid groups (broad SMARTS) is 1. The zero-order valence-electron chi connectivity index (χ0n) is 10.9. The van der Waals surface area contributed by atoms with Crippen LogP contribution in [-0.4, -0.2) is 42.9 Å². The summed E-state index contributed by atoms with van der Waals surface area (Å²) in [5, 5.41) is 27.5. The van der Waals surface area contributed by atoms with Crippen LogP contribution < -0.4 is 5.32 Å². The van der Waals surface area contributed by atoms with E-state index in [9.17, 15) is 9.90 Å². The first-order valence-corrected chi connectivity index (χ1v) is 6.14. The van der Waals surface area contributed by atoms with Gasteiger partial charge in [0.05, 0.1) is 5.41 Å². The second-order valence-corrected chi connectivity index (χ2v) is 4.39. The highest BCUT2D eigenvalue weighted by Gasteiger charge is 2.34. The summed E-state index contributed by atoms with van der Waals surface area (Å²) in [7, 11) is 0. The molecule has 2 rings (SSSR count). The summed E-state index contributed by atoms with van der Waals surface area (Å²) >= 11 is 0.